The Hall–Kier alpha value is -1.42. The van der Waals surface area contributed by atoms with Crippen LogP contribution in [0.2, 0.25) is 0 Å². The van der Waals surface area contributed by atoms with Crippen molar-refractivity contribution in [2.24, 2.45) is 5.92 Å². The van der Waals surface area contributed by atoms with E-state index in [-0.39, 0.29) is 5.56 Å². The second-order valence-corrected chi connectivity index (χ2v) is 4.67. The summed E-state index contributed by atoms with van der Waals surface area (Å²) < 4.78 is 13.8. The summed E-state index contributed by atoms with van der Waals surface area (Å²) in [5.41, 5.74) is 0.161. The Morgan fingerprint density at radius 1 is 1.47 bits per heavy atom. The average molecular weight is 239 g/mol. The van der Waals surface area contributed by atoms with Gasteiger partial charge in [-0.15, -0.1) is 0 Å². The van der Waals surface area contributed by atoms with Gasteiger partial charge in [0.1, 0.15) is 5.82 Å². The van der Waals surface area contributed by atoms with Gasteiger partial charge in [0.05, 0.1) is 5.56 Å². The van der Waals surface area contributed by atoms with Gasteiger partial charge >= 0.3 is 5.97 Å². The van der Waals surface area contributed by atoms with E-state index >= 15 is 0 Å². The predicted octanol–water partition coefficient (Wildman–Crippen LogP) is 2.61. The molecule has 94 valence electrons. The lowest BCUT2D eigenvalue weighted by Gasteiger charge is -2.19. The summed E-state index contributed by atoms with van der Waals surface area (Å²) in [5, 5.41) is 8.82. The molecule has 0 aliphatic rings. The number of carboxylic acid groups (broad SMARTS) is 1. The van der Waals surface area contributed by atoms with Gasteiger partial charge in [0.15, 0.2) is 0 Å². The van der Waals surface area contributed by atoms with Gasteiger partial charge < -0.3 is 10.0 Å². The minimum absolute atomic E-state index is 0.263. The summed E-state index contributed by atoms with van der Waals surface area (Å²) in [6.07, 6.45) is 0. The van der Waals surface area contributed by atoms with E-state index in [1.165, 1.54) is 6.07 Å². The maximum Gasteiger partial charge on any atom is 0.338 e. The molecule has 4 heteroatoms. The largest absolute Gasteiger partial charge is 0.478 e. The first-order chi connectivity index (χ1) is 7.91. The standard InChI is InChI=1S/C13H18FNO2/c1-9(2)7-15(3)8-10-5-4-6-11(12(10)14)13(16)17/h4-6,9H,7-8H2,1-3H3,(H,16,17). The molecule has 1 rings (SSSR count). The van der Waals surface area contributed by atoms with Crippen molar-refractivity contribution in [3.05, 3.63) is 35.1 Å². The lowest BCUT2D eigenvalue weighted by atomic mass is 10.1. The van der Waals surface area contributed by atoms with Crippen LogP contribution in [-0.4, -0.2) is 29.6 Å². The molecule has 0 unspecified atom stereocenters. The molecule has 1 aromatic carbocycles. The van der Waals surface area contributed by atoms with Gasteiger partial charge in [0, 0.05) is 18.7 Å². The van der Waals surface area contributed by atoms with Gasteiger partial charge in [-0.2, -0.15) is 0 Å². The molecule has 0 saturated carbocycles. The zero-order valence-corrected chi connectivity index (χ0v) is 10.4. The number of hydrogen-bond donors (Lipinski definition) is 1. The molecule has 0 amide bonds. The van der Waals surface area contributed by atoms with Gasteiger partial charge in [0.25, 0.3) is 0 Å². The van der Waals surface area contributed by atoms with Crippen molar-refractivity contribution in [2.45, 2.75) is 20.4 Å². The van der Waals surface area contributed by atoms with Crippen LogP contribution in [0.4, 0.5) is 4.39 Å². The zero-order valence-electron chi connectivity index (χ0n) is 10.4. The van der Waals surface area contributed by atoms with Crippen molar-refractivity contribution in [3.8, 4) is 0 Å². The number of nitrogens with zero attached hydrogens (tertiary/aromatic N) is 1. The number of rotatable bonds is 5. The van der Waals surface area contributed by atoms with Crippen LogP contribution in [-0.2, 0) is 6.54 Å². The fourth-order valence-electron chi connectivity index (χ4n) is 1.85. The molecule has 0 fully saturated rings. The first kappa shape index (κ1) is 13.6. The van der Waals surface area contributed by atoms with Gasteiger partial charge in [-0.1, -0.05) is 26.0 Å². The molecule has 0 saturated heterocycles. The van der Waals surface area contributed by atoms with Gasteiger partial charge in [0.2, 0.25) is 0 Å². The number of hydrogen-bond acceptors (Lipinski definition) is 2. The number of aromatic carboxylic acids is 1. The molecular weight excluding hydrogens is 221 g/mol. The third kappa shape index (κ3) is 3.82. The van der Waals surface area contributed by atoms with Crippen molar-refractivity contribution >= 4 is 5.97 Å². The highest BCUT2D eigenvalue weighted by Crippen LogP contribution is 2.15. The maximum absolute atomic E-state index is 13.8. The van der Waals surface area contributed by atoms with Crippen LogP contribution in [0.5, 0.6) is 0 Å². The van der Waals surface area contributed by atoms with E-state index in [0.29, 0.717) is 18.0 Å². The highest BCUT2D eigenvalue weighted by Gasteiger charge is 2.14. The molecule has 0 bridgehead atoms. The third-order valence-electron chi connectivity index (χ3n) is 2.43. The van der Waals surface area contributed by atoms with Crippen LogP contribution in [0.3, 0.4) is 0 Å². The van der Waals surface area contributed by atoms with E-state index in [1.807, 2.05) is 11.9 Å². The quantitative estimate of drug-likeness (QED) is 0.858. The monoisotopic (exact) mass is 239 g/mol. The molecule has 0 heterocycles. The second-order valence-electron chi connectivity index (χ2n) is 4.67. The van der Waals surface area contributed by atoms with Crippen LogP contribution in [0.25, 0.3) is 0 Å². The average Bonchev–Trinajstić information content (AvgIpc) is 2.19. The lowest BCUT2D eigenvalue weighted by Crippen LogP contribution is -2.23. The fraction of sp³-hybridized carbons (Fsp3) is 0.462. The van der Waals surface area contributed by atoms with Crippen molar-refractivity contribution in [1.82, 2.24) is 4.90 Å². The van der Waals surface area contributed by atoms with E-state index in [1.54, 1.807) is 12.1 Å². The summed E-state index contributed by atoms with van der Waals surface area (Å²) in [6, 6.07) is 4.48. The second kappa shape index (κ2) is 5.77. The first-order valence-electron chi connectivity index (χ1n) is 5.61. The summed E-state index contributed by atoms with van der Waals surface area (Å²) in [7, 11) is 1.90. The molecular formula is C13H18FNO2. The minimum atomic E-state index is -1.23. The topological polar surface area (TPSA) is 40.5 Å². The SMILES string of the molecule is CC(C)CN(C)Cc1cccc(C(=O)O)c1F. The molecule has 0 spiro atoms. The van der Waals surface area contributed by atoms with E-state index in [2.05, 4.69) is 13.8 Å². The Morgan fingerprint density at radius 2 is 2.12 bits per heavy atom. The smallest absolute Gasteiger partial charge is 0.338 e. The van der Waals surface area contributed by atoms with Gasteiger partial charge in [-0.25, -0.2) is 9.18 Å². The summed E-state index contributed by atoms with van der Waals surface area (Å²) >= 11 is 0. The molecule has 1 aromatic rings. The molecule has 17 heavy (non-hydrogen) atoms. The molecule has 0 atom stereocenters. The van der Waals surface area contributed by atoms with E-state index in [9.17, 15) is 9.18 Å². The van der Waals surface area contributed by atoms with Crippen molar-refractivity contribution < 1.29 is 14.3 Å². The summed E-state index contributed by atoms with van der Waals surface area (Å²) in [4.78, 5) is 12.8. The Kier molecular flexibility index (Phi) is 4.63. The molecule has 0 aliphatic heterocycles. The minimum Gasteiger partial charge on any atom is -0.478 e. The zero-order chi connectivity index (χ0) is 13.0. The van der Waals surface area contributed by atoms with Crippen molar-refractivity contribution in [3.63, 3.8) is 0 Å². The van der Waals surface area contributed by atoms with Crippen LogP contribution in [0.1, 0.15) is 29.8 Å². The number of benzene rings is 1. The normalized spacial score (nSPS) is 11.2. The Bertz CT molecular complexity index is 404. The van der Waals surface area contributed by atoms with Crippen LogP contribution in [0, 0.1) is 11.7 Å². The molecule has 0 aromatic heterocycles. The fourth-order valence-corrected chi connectivity index (χ4v) is 1.85. The maximum atomic E-state index is 13.8. The Balaban J connectivity index is 2.85. The highest BCUT2D eigenvalue weighted by molar-refractivity contribution is 5.88. The van der Waals surface area contributed by atoms with Crippen LogP contribution >= 0.6 is 0 Å². The Morgan fingerprint density at radius 3 is 2.65 bits per heavy atom. The number of carbonyl (C=O) groups is 1. The predicted molar refractivity (Wildman–Crippen MR) is 64.5 cm³/mol. The van der Waals surface area contributed by atoms with Crippen molar-refractivity contribution in [1.29, 1.82) is 0 Å². The molecule has 0 radical (unpaired) electrons. The lowest BCUT2D eigenvalue weighted by molar-refractivity contribution is 0.0691. The van der Waals surface area contributed by atoms with Gasteiger partial charge in [-0.05, 0) is 19.0 Å². The number of carboxylic acids is 1. The van der Waals surface area contributed by atoms with Gasteiger partial charge in [-0.3, -0.25) is 0 Å². The van der Waals surface area contributed by atoms with Crippen LogP contribution in [0.15, 0.2) is 18.2 Å². The Labute approximate surface area is 101 Å². The van der Waals surface area contributed by atoms with E-state index in [4.69, 9.17) is 5.11 Å². The number of halogens is 1. The molecule has 3 nitrogen and oxygen atoms in total. The summed E-state index contributed by atoms with van der Waals surface area (Å²) in [5.74, 6) is -1.36. The first-order valence-corrected chi connectivity index (χ1v) is 5.61. The molecule has 1 N–H and O–H groups in total. The van der Waals surface area contributed by atoms with E-state index < -0.39 is 11.8 Å². The molecule has 0 aliphatic carbocycles. The third-order valence-corrected chi connectivity index (χ3v) is 2.43. The van der Waals surface area contributed by atoms with E-state index in [0.717, 1.165) is 6.54 Å². The van der Waals surface area contributed by atoms with Crippen molar-refractivity contribution in [2.75, 3.05) is 13.6 Å². The van der Waals surface area contributed by atoms with Crippen LogP contribution < -0.4 is 0 Å². The highest BCUT2D eigenvalue weighted by atomic mass is 19.1. The summed E-state index contributed by atoms with van der Waals surface area (Å²) in [6.45, 7) is 5.43.